The lowest BCUT2D eigenvalue weighted by Gasteiger charge is -2.20. The van der Waals surface area contributed by atoms with E-state index in [1.54, 1.807) is 18.2 Å². The number of rotatable bonds is 5. The fourth-order valence-corrected chi connectivity index (χ4v) is 3.11. The first-order valence-corrected chi connectivity index (χ1v) is 9.06. The van der Waals surface area contributed by atoms with Gasteiger partial charge in [0.1, 0.15) is 17.9 Å². The second-order valence-corrected chi connectivity index (χ2v) is 6.76. The molecule has 4 N–H and O–H groups in total. The molecule has 2 heterocycles. The van der Waals surface area contributed by atoms with Crippen LogP contribution in [-0.4, -0.2) is 62.2 Å². The Morgan fingerprint density at radius 2 is 1.96 bits per heavy atom. The minimum atomic E-state index is -5.00. The zero-order chi connectivity index (χ0) is 18.9. The maximum Gasteiger partial charge on any atom is 0.470 e. The molecular formula is C15H16NO9P. The van der Waals surface area contributed by atoms with Crippen LogP contribution < -0.4 is 0 Å². The summed E-state index contributed by atoms with van der Waals surface area (Å²) < 4.78 is 25.7. The maximum atomic E-state index is 12.3. The molecule has 10 nitrogen and oxygen atoms in total. The smallest absolute Gasteiger partial charge is 0.428 e. The number of hydrogen-bond acceptors (Lipinski definition) is 8. The highest BCUT2D eigenvalue weighted by Crippen LogP contribution is 2.42. The van der Waals surface area contributed by atoms with E-state index in [4.69, 9.17) is 24.4 Å². The number of aliphatic hydroxyl groups is 2. The lowest BCUT2D eigenvalue weighted by atomic mass is 10.1. The molecule has 1 unspecified atom stereocenters. The first-order valence-electron chi connectivity index (χ1n) is 7.53. The molecule has 1 aromatic carbocycles. The van der Waals surface area contributed by atoms with Crippen molar-refractivity contribution in [2.75, 3.05) is 6.61 Å². The van der Waals surface area contributed by atoms with E-state index in [-0.39, 0.29) is 5.69 Å². The standard InChI is InChI=1S/C15H16NO9P/c17-7-11-12(18)13(25-26(20,21)22)15(23-11)24-14(19)10-6-5-8-3-1-2-4-9(8)16-10/h1-6,11-13,15,17-18H,7H2,(H2,20,21,22)/t11-,12-,13-,15?/m1/s1. The van der Waals surface area contributed by atoms with E-state index in [0.717, 1.165) is 5.39 Å². The van der Waals surface area contributed by atoms with Crippen molar-refractivity contribution in [2.24, 2.45) is 0 Å². The number of hydrogen-bond donors (Lipinski definition) is 4. The van der Waals surface area contributed by atoms with Gasteiger partial charge in [0.2, 0.25) is 6.29 Å². The Hall–Kier alpha value is -1.91. The number of carbonyl (C=O) groups excluding carboxylic acids is 1. The van der Waals surface area contributed by atoms with Crippen molar-refractivity contribution < 1.29 is 43.4 Å². The van der Waals surface area contributed by atoms with Crippen LogP contribution in [0.5, 0.6) is 0 Å². The largest absolute Gasteiger partial charge is 0.470 e. The predicted octanol–water partition coefficient (Wildman–Crippen LogP) is -0.0524. The van der Waals surface area contributed by atoms with E-state index >= 15 is 0 Å². The summed E-state index contributed by atoms with van der Waals surface area (Å²) >= 11 is 0. The molecule has 140 valence electrons. The van der Waals surface area contributed by atoms with Crippen LogP contribution in [0.1, 0.15) is 10.5 Å². The quantitative estimate of drug-likeness (QED) is 0.406. The Bertz CT molecular complexity index is 854. The molecule has 1 aliphatic heterocycles. The topological polar surface area (TPSA) is 156 Å². The molecule has 2 aromatic rings. The molecule has 0 saturated carbocycles. The van der Waals surface area contributed by atoms with Gasteiger partial charge in [0, 0.05) is 5.39 Å². The molecule has 0 bridgehead atoms. The van der Waals surface area contributed by atoms with E-state index in [2.05, 4.69) is 9.51 Å². The van der Waals surface area contributed by atoms with Gasteiger partial charge in [-0.1, -0.05) is 24.3 Å². The number of phosphoric acid groups is 1. The maximum absolute atomic E-state index is 12.3. The van der Waals surface area contributed by atoms with E-state index < -0.39 is 45.0 Å². The summed E-state index contributed by atoms with van der Waals surface area (Å²) in [5.74, 6) is -0.939. The zero-order valence-electron chi connectivity index (χ0n) is 13.2. The predicted molar refractivity (Wildman–Crippen MR) is 85.8 cm³/mol. The molecule has 0 radical (unpaired) electrons. The first-order chi connectivity index (χ1) is 12.3. The molecule has 1 aromatic heterocycles. The van der Waals surface area contributed by atoms with Gasteiger partial charge < -0.3 is 29.5 Å². The van der Waals surface area contributed by atoms with Crippen LogP contribution in [0.2, 0.25) is 0 Å². The molecule has 3 rings (SSSR count). The van der Waals surface area contributed by atoms with Gasteiger partial charge in [-0.05, 0) is 12.1 Å². The monoisotopic (exact) mass is 385 g/mol. The van der Waals surface area contributed by atoms with E-state index in [9.17, 15) is 14.5 Å². The lowest BCUT2D eigenvalue weighted by Crippen LogP contribution is -2.37. The molecule has 1 aliphatic rings. The Kier molecular flexibility index (Phi) is 5.35. The van der Waals surface area contributed by atoms with E-state index in [0.29, 0.717) is 5.52 Å². The Morgan fingerprint density at radius 1 is 1.23 bits per heavy atom. The average molecular weight is 385 g/mol. The fraction of sp³-hybridized carbons (Fsp3) is 0.333. The highest BCUT2D eigenvalue weighted by atomic mass is 31.2. The van der Waals surface area contributed by atoms with Gasteiger partial charge in [-0.25, -0.2) is 14.3 Å². The van der Waals surface area contributed by atoms with Crippen molar-refractivity contribution in [2.45, 2.75) is 24.6 Å². The summed E-state index contributed by atoms with van der Waals surface area (Å²) in [6, 6.07) is 10.1. The Morgan fingerprint density at radius 3 is 2.65 bits per heavy atom. The molecule has 1 saturated heterocycles. The van der Waals surface area contributed by atoms with Crippen molar-refractivity contribution >= 4 is 24.7 Å². The van der Waals surface area contributed by atoms with Gasteiger partial charge in [-0.2, -0.15) is 0 Å². The number of ether oxygens (including phenoxy) is 2. The van der Waals surface area contributed by atoms with Crippen molar-refractivity contribution in [3.63, 3.8) is 0 Å². The number of phosphoric ester groups is 1. The highest BCUT2D eigenvalue weighted by molar-refractivity contribution is 7.46. The van der Waals surface area contributed by atoms with Gasteiger partial charge in [0.25, 0.3) is 0 Å². The Balaban J connectivity index is 1.80. The number of fused-ring (bicyclic) bond motifs is 1. The summed E-state index contributed by atoms with van der Waals surface area (Å²) in [7, 11) is -5.00. The van der Waals surface area contributed by atoms with Crippen LogP contribution in [0, 0.1) is 0 Å². The number of carbonyl (C=O) groups is 1. The third-order valence-electron chi connectivity index (χ3n) is 3.76. The van der Waals surface area contributed by atoms with E-state index in [1.165, 1.54) is 6.07 Å². The van der Waals surface area contributed by atoms with Gasteiger partial charge >= 0.3 is 13.8 Å². The first kappa shape index (κ1) is 18.9. The van der Waals surface area contributed by atoms with Crippen molar-refractivity contribution in [3.8, 4) is 0 Å². The minimum Gasteiger partial charge on any atom is -0.428 e. The van der Waals surface area contributed by atoms with Crippen LogP contribution in [0.4, 0.5) is 0 Å². The van der Waals surface area contributed by atoms with Gasteiger partial charge in [-0.15, -0.1) is 0 Å². The summed E-state index contributed by atoms with van der Waals surface area (Å²) in [5.41, 5.74) is 0.481. The van der Waals surface area contributed by atoms with Crippen LogP contribution in [0.25, 0.3) is 10.9 Å². The SMILES string of the molecule is O=C(OC1O[C@H](CO)[C@@H](O)[C@H]1OP(=O)(O)O)c1ccc2ccccc2n1. The van der Waals surface area contributed by atoms with Crippen LogP contribution in [0.3, 0.4) is 0 Å². The number of aliphatic hydroxyl groups excluding tert-OH is 2. The summed E-state index contributed by atoms with van der Waals surface area (Å²) in [6.45, 7) is -0.662. The summed E-state index contributed by atoms with van der Waals surface area (Å²) in [4.78, 5) is 34.3. The third kappa shape index (κ3) is 4.08. The molecule has 4 atom stereocenters. The molecule has 1 fully saturated rings. The fourth-order valence-electron chi connectivity index (χ4n) is 2.56. The molecule has 0 aliphatic carbocycles. The van der Waals surface area contributed by atoms with Gasteiger partial charge in [-0.3, -0.25) is 4.52 Å². The van der Waals surface area contributed by atoms with Crippen LogP contribution >= 0.6 is 7.82 Å². The molecule has 0 spiro atoms. The average Bonchev–Trinajstić information content (AvgIpc) is 2.88. The van der Waals surface area contributed by atoms with Crippen LogP contribution in [-0.2, 0) is 18.6 Å². The number of nitrogens with zero attached hydrogens (tertiary/aromatic N) is 1. The van der Waals surface area contributed by atoms with Crippen molar-refractivity contribution in [1.29, 1.82) is 0 Å². The van der Waals surface area contributed by atoms with Crippen LogP contribution in [0.15, 0.2) is 36.4 Å². The van der Waals surface area contributed by atoms with E-state index in [1.807, 2.05) is 12.1 Å². The summed E-state index contributed by atoms with van der Waals surface area (Å²) in [5, 5.41) is 19.9. The second-order valence-electron chi connectivity index (χ2n) is 5.57. The van der Waals surface area contributed by atoms with Gasteiger partial charge in [0.05, 0.1) is 12.1 Å². The molecule has 26 heavy (non-hydrogen) atoms. The second kappa shape index (κ2) is 7.37. The molecular weight excluding hydrogens is 369 g/mol. The number of aromatic nitrogens is 1. The number of benzene rings is 1. The summed E-state index contributed by atoms with van der Waals surface area (Å²) in [6.07, 6.45) is -6.13. The number of para-hydroxylation sites is 1. The zero-order valence-corrected chi connectivity index (χ0v) is 14.1. The molecule has 0 amide bonds. The lowest BCUT2D eigenvalue weighted by molar-refractivity contribution is -0.137. The van der Waals surface area contributed by atoms with Gasteiger partial charge in [0.15, 0.2) is 6.10 Å². The number of esters is 1. The Labute approximate surface area is 147 Å². The highest BCUT2D eigenvalue weighted by Gasteiger charge is 2.49. The minimum absolute atomic E-state index is 0.0656. The molecule has 11 heteroatoms. The van der Waals surface area contributed by atoms with Crippen molar-refractivity contribution in [1.82, 2.24) is 4.98 Å². The third-order valence-corrected chi connectivity index (χ3v) is 4.28. The number of pyridine rings is 1. The van der Waals surface area contributed by atoms with Crippen molar-refractivity contribution in [3.05, 3.63) is 42.1 Å². The normalized spacial score (nSPS) is 26.2.